The number of carbonyl (C=O) groups is 1. The molecule has 1 aliphatic rings. The van der Waals surface area contributed by atoms with Crippen molar-refractivity contribution in [2.45, 2.75) is 32.7 Å². The van der Waals surface area contributed by atoms with Gasteiger partial charge in [0.2, 0.25) is 11.8 Å². The molecule has 3 aromatic rings. The lowest BCUT2D eigenvalue weighted by molar-refractivity contribution is 0.0535. The SMILES string of the molecule is COc1ccnc(NC[C@H]2[C@@H](C)CCCN2C(=O)c2nc(C)sc2-c2ccc(F)cc2)n1. The third kappa shape index (κ3) is 4.72. The quantitative estimate of drug-likeness (QED) is 0.593. The van der Waals surface area contributed by atoms with Crippen LogP contribution in [0.15, 0.2) is 36.5 Å². The summed E-state index contributed by atoms with van der Waals surface area (Å²) in [7, 11) is 1.56. The predicted octanol–water partition coefficient (Wildman–Crippen LogP) is 4.41. The van der Waals surface area contributed by atoms with Crippen LogP contribution < -0.4 is 10.1 Å². The zero-order valence-electron chi connectivity index (χ0n) is 18.3. The number of nitrogens with zero attached hydrogens (tertiary/aromatic N) is 4. The predicted molar refractivity (Wildman–Crippen MR) is 123 cm³/mol. The molecule has 0 radical (unpaired) electrons. The number of likely N-dealkylation sites (tertiary alicyclic amines) is 1. The molecule has 1 N–H and O–H groups in total. The fourth-order valence-corrected chi connectivity index (χ4v) is 4.97. The smallest absolute Gasteiger partial charge is 0.274 e. The number of amides is 1. The van der Waals surface area contributed by atoms with E-state index in [1.54, 1.807) is 31.5 Å². The second-order valence-electron chi connectivity index (χ2n) is 7.91. The first-order chi connectivity index (χ1) is 15.5. The summed E-state index contributed by atoms with van der Waals surface area (Å²) in [6.07, 6.45) is 3.61. The van der Waals surface area contributed by atoms with Gasteiger partial charge in [-0.05, 0) is 43.4 Å². The molecular formula is C23H26FN5O2S. The Balaban J connectivity index is 1.58. The Hall–Kier alpha value is -3.07. The largest absolute Gasteiger partial charge is 0.481 e. The van der Waals surface area contributed by atoms with Crippen molar-refractivity contribution in [2.75, 3.05) is 25.5 Å². The zero-order chi connectivity index (χ0) is 22.7. The lowest BCUT2D eigenvalue weighted by Gasteiger charge is -2.40. The Morgan fingerprint density at radius 2 is 2.06 bits per heavy atom. The molecule has 32 heavy (non-hydrogen) atoms. The van der Waals surface area contributed by atoms with Crippen molar-refractivity contribution in [1.29, 1.82) is 0 Å². The molecule has 0 saturated carbocycles. The van der Waals surface area contributed by atoms with Gasteiger partial charge in [-0.2, -0.15) is 4.98 Å². The first-order valence-electron chi connectivity index (χ1n) is 10.6. The Kier molecular flexibility index (Phi) is 6.64. The second-order valence-corrected chi connectivity index (χ2v) is 9.11. The third-order valence-electron chi connectivity index (χ3n) is 5.73. The van der Waals surface area contributed by atoms with Gasteiger partial charge in [0.25, 0.3) is 5.91 Å². The summed E-state index contributed by atoms with van der Waals surface area (Å²) in [4.78, 5) is 29.4. The van der Waals surface area contributed by atoms with Crippen molar-refractivity contribution in [3.05, 3.63) is 53.0 Å². The molecule has 1 aliphatic heterocycles. The van der Waals surface area contributed by atoms with Crippen LogP contribution in [0.4, 0.5) is 10.3 Å². The van der Waals surface area contributed by atoms with Crippen LogP contribution in [0.3, 0.4) is 0 Å². The van der Waals surface area contributed by atoms with Gasteiger partial charge < -0.3 is 15.0 Å². The van der Waals surface area contributed by atoms with Crippen LogP contribution in [0.1, 0.15) is 35.3 Å². The summed E-state index contributed by atoms with van der Waals surface area (Å²) >= 11 is 1.45. The van der Waals surface area contributed by atoms with Gasteiger partial charge in [-0.15, -0.1) is 11.3 Å². The highest BCUT2D eigenvalue weighted by Crippen LogP contribution is 2.33. The van der Waals surface area contributed by atoms with Gasteiger partial charge >= 0.3 is 0 Å². The van der Waals surface area contributed by atoms with E-state index in [-0.39, 0.29) is 17.8 Å². The molecule has 3 heterocycles. The van der Waals surface area contributed by atoms with Gasteiger partial charge in [-0.1, -0.05) is 19.1 Å². The van der Waals surface area contributed by atoms with E-state index in [9.17, 15) is 9.18 Å². The summed E-state index contributed by atoms with van der Waals surface area (Å²) in [5.74, 6) is 0.844. The number of hydrogen-bond acceptors (Lipinski definition) is 7. The lowest BCUT2D eigenvalue weighted by atomic mass is 9.90. The number of rotatable bonds is 6. The first-order valence-corrected chi connectivity index (χ1v) is 11.4. The Morgan fingerprint density at radius 1 is 1.28 bits per heavy atom. The van der Waals surface area contributed by atoms with E-state index in [2.05, 4.69) is 27.2 Å². The Morgan fingerprint density at radius 3 is 2.81 bits per heavy atom. The number of piperidine rings is 1. The number of anilines is 1. The number of ether oxygens (including phenoxy) is 1. The van der Waals surface area contributed by atoms with E-state index < -0.39 is 0 Å². The van der Waals surface area contributed by atoms with Crippen LogP contribution in [0.2, 0.25) is 0 Å². The zero-order valence-corrected chi connectivity index (χ0v) is 19.2. The number of methoxy groups -OCH3 is 1. The Bertz CT molecular complexity index is 1090. The highest BCUT2D eigenvalue weighted by atomic mass is 32.1. The highest BCUT2D eigenvalue weighted by Gasteiger charge is 2.34. The van der Waals surface area contributed by atoms with Crippen molar-refractivity contribution in [2.24, 2.45) is 5.92 Å². The summed E-state index contributed by atoms with van der Waals surface area (Å²) in [6, 6.07) is 7.85. The van der Waals surface area contributed by atoms with Crippen molar-refractivity contribution in [1.82, 2.24) is 19.9 Å². The van der Waals surface area contributed by atoms with E-state index in [0.717, 1.165) is 28.3 Å². The van der Waals surface area contributed by atoms with Crippen LogP contribution in [-0.2, 0) is 0 Å². The minimum Gasteiger partial charge on any atom is -0.481 e. The number of carbonyl (C=O) groups excluding carboxylic acids is 1. The van der Waals surface area contributed by atoms with Gasteiger partial charge in [-0.25, -0.2) is 14.4 Å². The minimum absolute atomic E-state index is 0.0332. The number of aromatic nitrogens is 3. The topological polar surface area (TPSA) is 80.2 Å². The molecule has 0 unspecified atom stereocenters. The standard InChI is InChI=1S/C23H26FN5O2S/c1-14-5-4-12-29(18(14)13-26-23-25-11-10-19(28-23)31-3)22(30)20-21(32-15(2)27-20)16-6-8-17(24)9-7-16/h6-11,14,18H,4-5,12-13H2,1-3H3,(H,25,26,28)/t14-,18-/m0/s1. The fraction of sp³-hybridized carbons (Fsp3) is 0.391. The maximum Gasteiger partial charge on any atom is 0.274 e. The molecule has 7 nitrogen and oxygen atoms in total. The number of aryl methyl sites for hydroxylation is 1. The monoisotopic (exact) mass is 455 g/mol. The maximum absolute atomic E-state index is 13.7. The number of nitrogens with one attached hydrogen (secondary N) is 1. The summed E-state index contributed by atoms with van der Waals surface area (Å²) < 4.78 is 18.6. The summed E-state index contributed by atoms with van der Waals surface area (Å²) in [6.45, 7) is 5.22. The molecule has 2 atom stereocenters. The van der Waals surface area contributed by atoms with E-state index in [1.807, 2.05) is 11.8 Å². The van der Waals surface area contributed by atoms with Crippen molar-refractivity contribution >= 4 is 23.2 Å². The minimum atomic E-state index is -0.307. The van der Waals surface area contributed by atoms with Gasteiger partial charge in [0.15, 0.2) is 0 Å². The highest BCUT2D eigenvalue weighted by molar-refractivity contribution is 7.15. The molecular weight excluding hydrogens is 429 g/mol. The van der Waals surface area contributed by atoms with Crippen LogP contribution in [-0.4, -0.2) is 52.0 Å². The second kappa shape index (κ2) is 9.60. The molecule has 9 heteroatoms. The molecule has 168 valence electrons. The number of halogens is 1. The van der Waals surface area contributed by atoms with Crippen molar-refractivity contribution in [3.63, 3.8) is 0 Å². The van der Waals surface area contributed by atoms with Crippen LogP contribution in [0.5, 0.6) is 5.88 Å². The fourth-order valence-electron chi connectivity index (χ4n) is 4.05. The number of hydrogen-bond donors (Lipinski definition) is 1. The van der Waals surface area contributed by atoms with E-state index in [0.29, 0.717) is 36.5 Å². The molecule has 1 fully saturated rings. The third-order valence-corrected chi connectivity index (χ3v) is 6.75. The van der Waals surface area contributed by atoms with Gasteiger partial charge in [0.1, 0.15) is 11.5 Å². The van der Waals surface area contributed by atoms with Gasteiger partial charge in [0, 0.05) is 25.4 Å². The van der Waals surface area contributed by atoms with Crippen LogP contribution in [0, 0.1) is 18.7 Å². The van der Waals surface area contributed by atoms with Crippen LogP contribution in [0.25, 0.3) is 10.4 Å². The van der Waals surface area contributed by atoms with Gasteiger partial charge in [-0.3, -0.25) is 4.79 Å². The molecule has 2 aromatic heterocycles. The van der Waals surface area contributed by atoms with Crippen LogP contribution >= 0.6 is 11.3 Å². The average Bonchev–Trinajstić information content (AvgIpc) is 3.20. The summed E-state index contributed by atoms with van der Waals surface area (Å²) in [5.41, 5.74) is 1.22. The molecule has 0 spiro atoms. The summed E-state index contributed by atoms with van der Waals surface area (Å²) in [5, 5.41) is 4.06. The molecule has 0 bridgehead atoms. The molecule has 1 saturated heterocycles. The average molecular weight is 456 g/mol. The Labute approximate surface area is 190 Å². The van der Waals surface area contributed by atoms with E-state index >= 15 is 0 Å². The molecule has 0 aliphatic carbocycles. The molecule has 1 aromatic carbocycles. The first kappa shape index (κ1) is 22.1. The number of thiazole rings is 1. The molecule has 4 rings (SSSR count). The normalized spacial score (nSPS) is 18.4. The number of benzene rings is 1. The van der Waals surface area contributed by atoms with Crippen molar-refractivity contribution in [3.8, 4) is 16.3 Å². The van der Waals surface area contributed by atoms with Crippen molar-refractivity contribution < 1.29 is 13.9 Å². The lowest BCUT2D eigenvalue weighted by Crippen LogP contribution is -2.51. The van der Waals surface area contributed by atoms with E-state index in [4.69, 9.17) is 4.74 Å². The van der Waals surface area contributed by atoms with Gasteiger partial charge in [0.05, 0.1) is 23.0 Å². The molecule has 1 amide bonds. The van der Waals surface area contributed by atoms with E-state index in [1.165, 1.54) is 23.5 Å². The maximum atomic E-state index is 13.7.